The molecule has 0 aliphatic carbocycles. The quantitative estimate of drug-likeness (QED) is 0.634. The highest BCUT2D eigenvalue weighted by Crippen LogP contribution is 2.48. The van der Waals surface area contributed by atoms with Crippen LogP contribution in [0.3, 0.4) is 0 Å². The van der Waals surface area contributed by atoms with Gasteiger partial charge in [0.2, 0.25) is 5.91 Å². The summed E-state index contributed by atoms with van der Waals surface area (Å²) in [5, 5.41) is 0. The smallest absolute Gasteiger partial charge is 0.274 e. The Bertz CT molecular complexity index is 585. The molecule has 1 fully saturated rings. The summed E-state index contributed by atoms with van der Waals surface area (Å²) in [6, 6.07) is 9.19. The fourth-order valence-electron chi connectivity index (χ4n) is 2.79. The maximum Gasteiger partial charge on any atom is 0.324 e. The maximum absolute atomic E-state index is 11.7. The molecule has 1 atom stereocenters. The average molecular weight is 302 g/mol. The first-order valence-electron chi connectivity index (χ1n) is 6.11. The molecule has 6 heteroatoms. The Labute approximate surface area is 117 Å². The van der Waals surface area contributed by atoms with Crippen molar-refractivity contribution >= 4 is 25.8 Å². The van der Waals surface area contributed by atoms with E-state index in [0.29, 0.717) is 6.42 Å². The second-order valence-electron chi connectivity index (χ2n) is 5.27. The van der Waals surface area contributed by atoms with E-state index < -0.39 is 20.7 Å². The van der Waals surface area contributed by atoms with Crippen LogP contribution in [0.2, 0.25) is 0 Å². The van der Waals surface area contributed by atoms with Gasteiger partial charge in [0.1, 0.15) is 0 Å². The lowest BCUT2D eigenvalue weighted by Crippen LogP contribution is -2.62. The number of β-lactam (4-membered cyclic amide) rings is 1. The third kappa shape index (κ3) is 2.49. The summed E-state index contributed by atoms with van der Waals surface area (Å²) in [7, 11) is 1.36. The van der Waals surface area contributed by atoms with E-state index in [-0.39, 0.29) is 12.3 Å². The predicted molar refractivity (Wildman–Crippen MR) is 73.8 cm³/mol. The van der Waals surface area contributed by atoms with Crippen LogP contribution in [0.25, 0.3) is 0 Å². The minimum Gasteiger partial charge on any atom is -0.274 e. The van der Waals surface area contributed by atoms with Crippen LogP contribution in [0, 0.1) is 5.92 Å². The summed E-state index contributed by atoms with van der Waals surface area (Å²) in [6.45, 7) is 3.99. The van der Waals surface area contributed by atoms with Gasteiger partial charge in [-0.25, -0.2) is 4.31 Å². The van der Waals surface area contributed by atoms with Crippen LogP contribution in [0.1, 0.15) is 32.3 Å². The number of amides is 1. The number of halogens is 1. The molecule has 1 aliphatic heterocycles. The van der Waals surface area contributed by atoms with E-state index in [0.717, 1.165) is 9.87 Å². The molecule has 2 rings (SSSR count). The molecule has 0 spiro atoms. The van der Waals surface area contributed by atoms with Crippen molar-refractivity contribution in [1.29, 1.82) is 0 Å². The molecular formula is C13H16ClNO3S. The Morgan fingerprint density at radius 3 is 2.32 bits per heavy atom. The van der Waals surface area contributed by atoms with Crippen LogP contribution in [0.5, 0.6) is 0 Å². The van der Waals surface area contributed by atoms with Crippen molar-refractivity contribution in [1.82, 2.24) is 4.31 Å². The highest BCUT2D eigenvalue weighted by molar-refractivity contribution is 8.12. The molecule has 1 aromatic carbocycles. The molecule has 4 nitrogen and oxygen atoms in total. The van der Waals surface area contributed by atoms with Crippen molar-refractivity contribution in [3.63, 3.8) is 0 Å². The molecule has 19 heavy (non-hydrogen) atoms. The van der Waals surface area contributed by atoms with Crippen molar-refractivity contribution in [2.24, 2.45) is 5.92 Å². The molecule has 1 amide bonds. The number of hydrogen-bond donors (Lipinski definition) is 0. The van der Waals surface area contributed by atoms with Gasteiger partial charge in [-0.15, -0.1) is 0 Å². The molecule has 1 aromatic rings. The normalized spacial score (nSPS) is 23.6. The Hall–Kier alpha value is -1.07. The maximum atomic E-state index is 11.7. The molecule has 0 aromatic heterocycles. The molecule has 1 saturated heterocycles. The SMILES string of the molecule is CC(C)CC1(c2ccccc2)CC(=O)N1S(=O)(=O)Cl. The van der Waals surface area contributed by atoms with E-state index in [4.69, 9.17) is 10.7 Å². The average Bonchev–Trinajstić information content (AvgIpc) is 2.25. The zero-order valence-electron chi connectivity index (χ0n) is 10.8. The molecule has 0 saturated carbocycles. The number of rotatable bonds is 4. The molecule has 0 bridgehead atoms. The van der Waals surface area contributed by atoms with Gasteiger partial charge in [0, 0.05) is 10.7 Å². The van der Waals surface area contributed by atoms with Crippen LogP contribution < -0.4 is 0 Å². The van der Waals surface area contributed by atoms with Crippen molar-refractivity contribution in [3.8, 4) is 0 Å². The zero-order chi connectivity index (χ0) is 14.3. The van der Waals surface area contributed by atoms with Crippen LogP contribution in [0.4, 0.5) is 0 Å². The molecule has 1 aliphatic rings. The third-order valence-electron chi connectivity index (χ3n) is 3.33. The van der Waals surface area contributed by atoms with E-state index in [1.54, 1.807) is 0 Å². The lowest BCUT2D eigenvalue weighted by Gasteiger charge is -2.50. The van der Waals surface area contributed by atoms with E-state index in [1.807, 2.05) is 44.2 Å². The minimum absolute atomic E-state index is 0.182. The first-order chi connectivity index (χ1) is 8.77. The highest BCUT2D eigenvalue weighted by atomic mass is 35.7. The second-order valence-corrected chi connectivity index (χ2v) is 7.63. The monoisotopic (exact) mass is 301 g/mol. The zero-order valence-corrected chi connectivity index (χ0v) is 12.4. The molecule has 104 valence electrons. The van der Waals surface area contributed by atoms with Crippen molar-refractivity contribution < 1.29 is 13.2 Å². The summed E-state index contributed by atoms with van der Waals surface area (Å²) in [5.41, 5.74) is -0.0138. The van der Waals surface area contributed by atoms with Gasteiger partial charge in [0.05, 0.1) is 12.0 Å². The Kier molecular flexibility index (Phi) is 3.62. The van der Waals surface area contributed by atoms with E-state index in [9.17, 15) is 13.2 Å². The van der Waals surface area contributed by atoms with Crippen molar-refractivity contribution in [3.05, 3.63) is 35.9 Å². The third-order valence-corrected chi connectivity index (χ3v) is 4.74. The van der Waals surface area contributed by atoms with E-state index in [1.165, 1.54) is 0 Å². The van der Waals surface area contributed by atoms with Crippen LogP contribution in [-0.2, 0) is 19.6 Å². The van der Waals surface area contributed by atoms with Crippen LogP contribution >= 0.6 is 10.7 Å². The van der Waals surface area contributed by atoms with Crippen LogP contribution in [-0.4, -0.2) is 18.6 Å². The fraction of sp³-hybridized carbons (Fsp3) is 0.462. The van der Waals surface area contributed by atoms with Crippen LogP contribution in [0.15, 0.2) is 30.3 Å². The van der Waals surface area contributed by atoms with Crippen molar-refractivity contribution in [2.75, 3.05) is 0 Å². The first-order valence-corrected chi connectivity index (χ1v) is 8.37. The molecule has 0 radical (unpaired) electrons. The Morgan fingerprint density at radius 1 is 1.32 bits per heavy atom. The summed E-state index contributed by atoms with van der Waals surface area (Å²) in [5.74, 6) is -0.200. The molecule has 1 unspecified atom stereocenters. The fourth-order valence-corrected chi connectivity index (χ4v) is 4.38. The van der Waals surface area contributed by atoms with E-state index >= 15 is 0 Å². The van der Waals surface area contributed by atoms with Gasteiger partial charge in [0.15, 0.2) is 0 Å². The predicted octanol–water partition coefficient (Wildman–Crippen LogP) is 2.64. The number of benzene rings is 1. The van der Waals surface area contributed by atoms with E-state index in [2.05, 4.69) is 0 Å². The number of carbonyl (C=O) groups excluding carboxylic acids is 1. The van der Waals surface area contributed by atoms with Gasteiger partial charge in [-0.05, 0) is 17.9 Å². The summed E-state index contributed by atoms with van der Waals surface area (Å²) in [4.78, 5) is 11.7. The number of hydrogen-bond acceptors (Lipinski definition) is 3. The minimum atomic E-state index is -4.06. The van der Waals surface area contributed by atoms with Gasteiger partial charge < -0.3 is 0 Å². The largest absolute Gasteiger partial charge is 0.324 e. The standard InChI is InChI=1S/C13H16ClNO3S/c1-10(2)8-13(11-6-4-3-5-7-11)9-12(16)15(13)19(14,17)18/h3-7,10H,8-9H2,1-2H3. The molecule has 0 N–H and O–H groups in total. The Morgan fingerprint density at radius 2 is 1.89 bits per heavy atom. The lowest BCUT2D eigenvalue weighted by molar-refractivity contribution is -0.147. The summed E-state index contributed by atoms with van der Waals surface area (Å²) in [6.07, 6.45) is 0.746. The summed E-state index contributed by atoms with van der Waals surface area (Å²) < 4.78 is 24.2. The number of carbonyl (C=O) groups is 1. The molecule has 1 heterocycles. The molecular weight excluding hydrogens is 286 g/mol. The van der Waals surface area contributed by atoms with Gasteiger partial charge in [-0.2, -0.15) is 8.42 Å². The summed E-state index contributed by atoms with van der Waals surface area (Å²) >= 11 is 0. The van der Waals surface area contributed by atoms with Crippen molar-refractivity contribution in [2.45, 2.75) is 32.2 Å². The first kappa shape index (κ1) is 14.3. The number of nitrogens with zero attached hydrogens (tertiary/aromatic N) is 1. The highest BCUT2D eigenvalue weighted by Gasteiger charge is 2.57. The second kappa shape index (κ2) is 4.80. The van der Waals surface area contributed by atoms with Gasteiger partial charge >= 0.3 is 9.24 Å². The van der Waals surface area contributed by atoms with Gasteiger partial charge in [-0.1, -0.05) is 44.2 Å². The topological polar surface area (TPSA) is 54.5 Å². The van der Waals surface area contributed by atoms with Gasteiger partial charge in [-0.3, -0.25) is 4.79 Å². The lowest BCUT2D eigenvalue weighted by atomic mass is 9.74. The van der Waals surface area contributed by atoms with Gasteiger partial charge in [0.25, 0.3) is 0 Å². The Balaban J connectivity index is 2.52.